The molecule has 0 bridgehead atoms. The molecule has 0 aromatic carbocycles. The van der Waals surface area contributed by atoms with Gasteiger partial charge in [0.1, 0.15) is 0 Å². The lowest BCUT2D eigenvalue weighted by atomic mass is 9.88. The molecule has 0 amide bonds. The summed E-state index contributed by atoms with van der Waals surface area (Å²) >= 11 is 0. The predicted molar refractivity (Wildman–Crippen MR) is 71.2 cm³/mol. The molecule has 0 saturated heterocycles. The molecule has 0 N–H and O–H groups in total. The lowest BCUT2D eigenvalue weighted by Crippen LogP contribution is -2.04. The van der Waals surface area contributed by atoms with Gasteiger partial charge in [-0.05, 0) is 11.8 Å². The fourth-order valence-electron chi connectivity index (χ4n) is 2.14. The zero-order chi connectivity index (χ0) is 11.5. The molecule has 0 spiro atoms. The Morgan fingerprint density at radius 1 is 0.733 bits per heavy atom. The molecule has 0 aliphatic rings. The van der Waals surface area contributed by atoms with Crippen LogP contribution in [-0.4, -0.2) is 0 Å². The summed E-state index contributed by atoms with van der Waals surface area (Å²) in [6, 6.07) is 0. The molecule has 0 aliphatic carbocycles. The van der Waals surface area contributed by atoms with Crippen LogP contribution in [0.15, 0.2) is 0 Å². The van der Waals surface area contributed by atoms with Crippen LogP contribution in [-0.2, 0) is 0 Å². The van der Waals surface area contributed by atoms with Gasteiger partial charge in [-0.3, -0.25) is 0 Å². The van der Waals surface area contributed by atoms with Crippen molar-refractivity contribution in [3.63, 3.8) is 0 Å². The van der Waals surface area contributed by atoms with E-state index in [0.717, 1.165) is 11.8 Å². The normalized spacial score (nSPS) is 13.4. The van der Waals surface area contributed by atoms with Gasteiger partial charge < -0.3 is 0 Å². The van der Waals surface area contributed by atoms with E-state index < -0.39 is 0 Å². The highest BCUT2D eigenvalue weighted by atomic mass is 14.2. The van der Waals surface area contributed by atoms with E-state index in [0.29, 0.717) is 0 Å². The van der Waals surface area contributed by atoms with Gasteiger partial charge >= 0.3 is 0 Å². The second-order valence-corrected chi connectivity index (χ2v) is 5.24. The van der Waals surface area contributed by atoms with E-state index in [1.54, 1.807) is 0 Å². The Labute approximate surface area is 97.8 Å². The minimum Gasteiger partial charge on any atom is -0.0654 e. The summed E-state index contributed by atoms with van der Waals surface area (Å²) in [4.78, 5) is 0. The van der Waals surface area contributed by atoms with Crippen molar-refractivity contribution in [2.45, 2.75) is 85.5 Å². The quantitative estimate of drug-likeness (QED) is 0.429. The van der Waals surface area contributed by atoms with Crippen LogP contribution in [0.25, 0.3) is 0 Å². The first-order chi connectivity index (χ1) is 7.24. The summed E-state index contributed by atoms with van der Waals surface area (Å²) < 4.78 is 0. The van der Waals surface area contributed by atoms with E-state index in [2.05, 4.69) is 27.7 Å². The SMILES string of the molecule is CCCCC(CCCC)CCC(C)CC. The van der Waals surface area contributed by atoms with Crippen LogP contribution in [0.1, 0.15) is 85.5 Å². The maximum absolute atomic E-state index is 2.40. The third-order valence-corrected chi connectivity index (χ3v) is 3.70. The molecule has 0 saturated carbocycles. The van der Waals surface area contributed by atoms with Crippen LogP contribution in [0.2, 0.25) is 0 Å². The van der Waals surface area contributed by atoms with Crippen molar-refractivity contribution in [1.82, 2.24) is 0 Å². The van der Waals surface area contributed by atoms with E-state index in [1.807, 2.05) is 0 Å². The van der Waals surface area contributed by atoms with Crippen LogP contribution in [0.4, 0.5) is 0 Å². The van der Waals surface area contributed by atoms with Gasteiger partial charge in [-0.15, -0.1) is 0 Å². The molecule has 92 valence electrons. The summed E-state index contributed by atoms with van der Waals surface area (Å²) in [7, 11) is 0. The maximum Gasteiger partial charge on any atom is -0.0414 e. The van der Waals surface area contributed by atoms with Gasteiger partial charge in [0.2, 0.25) is 0 Å². The molecule has 1 unspecified atom stereocenters. The van der Waals surface area contributed by atoms with Gasteiger partial charge in [-0.2, -0.15) is 0 Å². The fraction of sp³-hybridized carbons (Fsp3) is 1.00. The highest BCUT2D eigenvalue weighted by Gasteiger charge is 2.09. The van der Waals surface area contributed by atoms with Crippen LogP contribution in [0, 0.1) is 11.8 Å². The Balaban J connectivity index is 3.67. The van der Waals surface area contributed by atoms with Crippen molar-refractivity contribution in [2.75, 3.05) is 0 Å². The van der Waals surface area contributed by atoms with Crippen LogP contribution < -0.4 is 0 Å². The molecular formula is C15H32. The van der Waals surface area contributed by atoms with Crippen molar-refractivity contribution >= 4 is 0 Å². The summed E-state index contributed by atoms with van der Waals surface area (Å²) in [5.74, 6) is 1.97. The number of unbranched alkanes of at least 4 members (excludes halogenated alkanes) is 2. The van der Waals surface area contributed by atoms with E-state index in [-0.39, 0.29) is 0 Å². The first-order valence-corrected chi connectivity index (χ1v) is 7.24. The van der Waals surface area contributed by atoms with Gasteiger partial charge in [0.05, 0.1) is 0 Å². The Morgan fingerprint density at radius 3 is 1.67 bits per heavy atom. The lowest BCUT2D eigenvalue weighted by Gasteiger charge is -2.18. The average molecular weight is 212 g/mol. The van der Waals surface area contributed by atoms with E-state index in [9.17, 15) is 0 Å². The van der Waals surface area contributed by atoms with Crippen LogP contribution in [0.5, 0.6) is 0 Å². The van der Waals surface area contributed by atoms with Crippen molar-refractivity contribution in [1.29, 1.82) is 0 Å². The Kier molecular flexibility index (Phi) is 10.5. The van der Waals surface area contributed by atoms with Crippen molar-refractivity contribution < 1.29 is 0 Å². The first kappa shape index (κ1) is 15.0. The van der Waals surface area contributed by atoms with Gasteiger partial charge in [0, 0.05) is 0 Å². The zero-order valence-corrected chi connectivity index (χ0v) is 11.5. The summed E-state index contributed by atoms with van der Waals surface area (Å²) in [6.45, 7) is 9.34. The van der Waals surface area contributed by atoms with Crippen molar-refractivity contribution in [2.24, 2.45) is 11.8 Å². The monoisotopic (exact) mass is 212 g/mol. The van der Waals surface area contributed by atoms with Gasteiger partial charge in [-0.1, -0.05) is 85.5 Å². The largest absolute Gasteiger partial charge is 0.0654 e. The van der Waals surface area contributed by atoms with E-state index in [4.69, 9.17) is 0 Å². The predicted octanol–water partition coefficient (Wildman–Crippen LogP) is 5.81. The van der Waals surface area contributed by atoms with E-state index >= 15 is 0 Å². The van der Waals surface area contributed by atoms with Gasteiger partial charge in [0.25, 0.3) is 0 Å². The van der Waals surface area contributed by atoms with Gasteiger partial charge in [-0.25, -0.2) is 0 Å². The van der Waals surface area contributed by atoms with Crippen molar-refractivity contribution in [3.05, 3.63) is 0 Å². The molecule has 0 aromatic heterocycles. The lowest BCUT2D eigenvalue weighted by molar-refractivity contribution is 0.350. The van der Waals surface area contributed by atoms with Crippen LogP contribution >= 0.6 is 0 Å². The molecule has 0 heterocycles. The molecule has 0 aromatic rings. The smallest absolute Gasteiger partial charge is 0.0414 e. The first-order valence-electron chi connectivity index (χ1n) is 7.24. The molecule has 0 radical (unpaired) electrons. The van der Waals surface area contributed by atoms with Crippen molar-refractivity contribution in [3.8, 4) is 0 Å². The topological polar surface area (TPSA) is 0 Å². The molecule has 1 atom stereocenters. The van der Waals surface area contributed by atoms with Gasteiger partial charge in [0.15, 0.2) is 0 Å². The Hall–Kier alpha value is 0. The van der Waals surface area contributed by atoms with Crippen LogP contribution in [0.3, 0.4) is 0 Å². The third-order valence-electron chi connectivity index (χ3n) is 3.70. The second-order valence-electron chi connectivity index (χ2n) is 5.24. The molecule has 0 fully saturated rings. The summed E-state index contributed by atoms with van der Waals surface area (Å²) in [6.07, 6.45) is 12.9. The number of hydrogen-bond acceptors (Lipinski definition) is 0. The Bertz CT molecular complexity index is 109. The average Bonchev–Trinajstić information content (AvgIpc) is 2.27. The molecule has 15 heavy (non-hydrogen) atoms. The second kappa shape index (κ2) is 10.5. The van der Waals surface area contributed by atoms with E-state index in [1.165, 1.54) is 57.8 Å². The molecular weight excluding hydrogens is 180 g/mol. The molecule has 0 rings (SSSR count). The zero-order valence-electron chi connectivity index (χ0n) is 11.5. The minimum absolute atomic E-state index is 0.941. The molecule has 0 aliphatic heterocycles. The summed E-state index contributed by atoms with van der Waals surface area (Å²) in [5.41, 5.74) is 0. The Morgan fingerprint density at radius 2 is 1.27 bits per heavy atom. The number of rotatable bonds is 10. The molecule has 0 heteroatoms. The highest BCUT2D eigenvalue weighted by molar-refractivity contribution is 4.62. The summed E-state index contributed by atoms with van der Waals surface area (Å²) in [5, 5.41) is 0. The highest BCUT2D eigenvalue weighted by Crippen LogP contribution is 2.24. The molecule has 0 nitrogen and oxygen atoms in total. The standard InChI is InChI=1S/C15H32/c1-5-8-10-15(11-9-6-2)13-12-14(4)7-3/h14-15H,5-13H2,1-4H3. The maximum atomic E-state index is 2.40. The fourth-order valence-corrected chi connectivity index (χ4v) is 2.14. The third kappa shape index (κ3) is 8.96. The minimum atomic E-state index is 0.941. The number of hydrogen-bond donors (Lipinski definition) is 0.